The molecule has 2 N–H and O–H groups in total. The second kappa shape index (κ2) is 7.30. The van der Waals surface area contributed by atoms with Crippen LogP contribution < -0.4 is 10.6 Å². The molecule has 2 rings (SSSR count). The molecule has 3 nitrogen and oxygen atoms in total. The Hall–Kier alpha value is -0.770. The van der Waals surface area contributed by atoms with Crippen LogP contribution in [0, 0.1) is 0 Å². The maximum atomic E-state index is 11.9. The number of carbonyl (C=O) groups excluding carboxylic acids is 1. The summed E-state index contributed by atoms with van der Waals surface area (Å²) in [5.74, 6) is 0.177. The highest BCUT2D eigenvalue weighted by atomic mass is 35.5. The summed E-state index contributed by atoms with van der Waals surface area (Å²) in [6.07, 6.45) is 2.78. The van der Waals surface area contributed by atoms with Crippen LogP contribution in [0.4, 0.5) is 0 Å². The number of hydrogen-bond donors (Lipinski definition) is 2. The Kier molecular flexibility index (Phi) is 5.70. The summed E-state index contributed by atoms with van der Waals surface area (Å²) in [6.45, 7) is 3.58. The fourth-order valence-corrected chi connectivity index (χ4v) is 3.35. The lowest BCUT2D eigenvalue weighted by Gasteiger charge is -2.17. The first kappa shape index (κ1) is 15.6. The van der Waals surface area contributed by atoms with Gasteiger partial charge in [0, 0.05) is 35.0 Å². The van der Waals surface area contributed by atoms with Crippen LogP contribution in [0.3, 0.4) is 0 Å². The zero-order valence-corrected chi connectivity index (χ0v) is 13.1. The van der Waals surface area contributed by atoms with Gasteiger partial charge >= 0.3 is 0 Å². The molecule has 0 radical (unpaired) electrons. The van der Waals surface area contributed by atoms with E-state index in [9.17, 15) is 4.79 Å². The molecule has 1 heterocycles. The Morgan fingerprint density at radius 1 is 1.45 bits per heavy atom. The lowest BCUT2D eigenvalue weighted by molar-refractivity contribution is -0.121. The predicted octanol–water partition coefficient (Wildman–Crippen LogP) is 3.36. The van der Waals surface area contributed by atoms with E-state index in [-0.39, 0.29) is 11.8 Å². The van der Waals surface area contributed by atoms with E-state index in [1.54, 1.807) is 0 Å². The van der Waals surface area contributed by atoms with Gasteiger partial charge in [-0.3, -0.25) is 4.79 Å². The fourth-order valence-electron chi connectivity index (χ4n) is 2.58. The second-order valence-electron chi connectivity index (χ2n) is 5.34. The minimum absolute atomic E-state index is 0.0828. The van der Waals surface area contributed by atoms with Gasteiger partial charge in [-0.2, -0.15) is 0 Å². The molecule has 1 aromatic carbocycles. The smallest absolute Gasteiger partial charge is 0.221 e. The summed E-state index contributed by atoms with van der Waals surface area (Å²) in [5.41, 5.74) is 0.898. The molecule has 2 atom stereocenters. The second-order valence-corrected chi connectivity index (χ2v) is 6.15. The Morgan fingerprint density at radius 2 is 2.15 bits per heavy atom. The van der Waals surface area contributed by atoms with E-state index in [0.29, 0.717) is 29.1 Å². The van der Waals surface area contributed by atoms with Gasteiger partial charge < -0.3 is 10.6 Å². The van der Waals surface area contributed by atoms with E-state index < -0.39 is 0 Å². The molecule has 1 fully saturated rings. The van der Waals surface area contributed by atoms with Crippen molar-refractivity contribution < 1.29 is 4.79 Å². The highest BCUT2D eigenvalue weighted by molar-refractivity contribution is 6.36. The van der Waals surface area contributed by atoms with Crippen LogP contribution in [0.25, 0.3) is 0 Å². The minimum atomic E-state index is 0.0828. The summed E-state index contributed by atoms with van der Waals surface area (Å²) >= 11 is 12.3. The van der Waals surface area contributed by atoms with Gasteiger partial charge in [0.2, 0.25) is 5.91 Å². The van der Waals surface area contributed by atoms with Crippen molar-refractivity contribution >= 4 is 29.1 Å². The number of nitrogens with one attached hydrogen (secondary N) is 2. The highest BCUT2D eigenvalue weighted by Crippen LogP contribution is 2.30. The normalized spacial score (nSPS) is 19.9. The molecule has 0 aliphatic carbocycles. The van der Waals surface area contributed by atoms with Crippen LogP contribution in [-0.2, 0) is 4.79 Å². The lowest BCUT2D eigenvalue weighted by atomic mass is 10.0. The summed E-state index contributed by atoms with van der Waals surface area (Å²) in [4.78, 5) is 11.9. The molecular weight excluding hydrogens is 295 g/mol. The Labute approximate surface area is 130 Å². The maximum Gasteiger partial charge on any atom is 0.221 e. The van der Waals surface area contributed by atoms with Crippen molar-refractivity contribution in [2.45, 2.75) is 38.1 Å². The van der Waals surface area contributed by atoms with Gasteiger partial charge in [0.05, 0.1) is 0 Å². The molecule has 2 unspecified atom stereocenters. The Bertz CT molecular complexity index is 453. The van der Waals surface area contributed by atoms with E-state index in [0.717, 1.165) is 24.9 Å². The zero-order valence-electron chi connectivity index (χ0n) is 11.6. The fraction of sp³-hybridized carbons (Fsp3) is 0.533. The highest BCUT2D eigenvalue weighted by Gasteiger charge is 2.19. The van der Waals surface area contributed by atoms with Crippen LogP contribution in [-0.4, -0.2) is 25.0 Å². The minimum Gasteiger partial charge on any atom is -0.355 e. The largest absolute Gasteiger partial charge is 0.355 e. The SMILES string of the molecule is CC(CNC(=O)CC1CCCN1)c1c(Cl)cccc1Cl. The van der Waals surface area contributed by atoms with Gasteiger partial charge in [0.25, 0.3) is 0 Å². The molecule has 0 saturated carbocycles. The zero-order chi connectivity index (χ0) is 14.5. The molecule has 1 saturated heterocycles. The first-order valence-corrected chi connectivity index (χ1v) is 7.77. The molecule has 1 aliphatic rings. The van der Waals surface area contributed by atoms with Gasteiger partial charge in [0.15, 0.2) is 0 Å². The molecule has 0 bridgehead atoms. The summed E-state index contributed by atoms with van der Waals surface area (Å²) in [5, 5.41) is 7.59. The molecule has 5 heteroatoms. The van der Waals surface area contributed by atoms with Crippen LogP contribution in [0.5, 0.6) is 0 Å². The average Bonchev–Trinajstić information content (AvgIpc) is 2.89. The molecule has 110 valence electrons. The maximum absolute atomic E-state index is 11.9. The first-order chi connectivity index (χ1) is 9.58. The van der Waals surface area contributed by atoms with Crippen LogP contribution >= 0.6 is 23.2 Å². The lowest BCUT2D eigenvalue weighted by Crippen LogP contribution is -2.33. The monoisotopic (exact) mass is 314 g/mol. The first-order valence-electron chi connectivity index (χ1n) is 7.02. The topological polar surface area (TPSA) is 41.1 Å². The van der Waals surface area contributed by atoms with E-state index in [1.165, 1.54) is 0 Å². The quantitative estimate of drug-likeness (QED) is 0.875. The summed E-state index contributed by atoms with van der Waals surface area (Å²) < 4.78 is 0. The molecular formula is C15H20Cl2N2O. The van der Waals surface area contributed by atoms with E-state index in [1.807, 2.05) is 25.1 Å². The average molecular weight is 315 g/mol. The summed E-state index contributed by atoms with van der Waals surface area (Å²) in [7, 11) is 0. The van der Waals surface area contributed by atoms with Crippen molar-refractivity contribution in [3.8, 4) is 0 Å². The van der Waals surface area contributed by atoms with Crippen molar-refractivity contribution in [1.82, 2.24) is 10.6 Å². The number of halogens is 2. The third-order valence-corrected chi connectivity index (χ3v) is 4.35. The van der Waals surface area contributed by atoms with E-state index >= 15 is 0 Å². The van der Waals surface area contributed by atoms with Gasteiger partial charge in [-0.15, -0.1) is 0 Å². The molecule has 0 aromatic heterocycles. The number of amides is 1. The van der Waals surface area contributed by atoms with E-state index in [2.05, 4.69) is 10.6 Å². The van der Waals surface area contributed by atoms with Crippen molar-refractivity contribution in [2.75, 3.05) is 13.1 Å². The van der Waals surface area contributed by atoms with Crippen molar-refractivity contribution in [3.63, 3.8) is 0 Å². The van der Waals surface area contributed by atoms with Gasteiger partial charge in [0.1, 0.15) is 0 Å². The van der Waals surface area contributed by atoms with Crippen LogP contribution in [0.2, 0.25) is 10.0 Å². The standard InChI is InChI=1S/C15H20Cl2N2O/c1-10(15-12(16)5-2-6-13(15)17)9-19-14(20)8-11-4-3-7-18-11/h2,5-6,10-11,18H,3-4,7-9H2,1H3,(H,19,20). The number of rotatable bonds is 5. The van der Waals surface area contributed by atoms with Crippen LogP contribution in [0.15, 0.2) is 18.2 Å². The van der Waals surface area contributed by atoms with Crippen molar-refractivity contribution in [1.29, 1.82) is 0 Å². The van der Waals surface area contributed by atoms with Crippen LogP contribution in [0.1, 0.15) is 37.7 Å². The molecule has 0 spiro atoms. The molecule has 1 amide bonds. The number of carbonyl (C=O) groups is 1. The third-order valence-electron chi connectivity index (χ3n) is 3.69. The van der Waals surface area contributed by atoms with Crippen molar-refractivity contribution in [3.05, 3.63) is 33.8 Å². The Morgan fingerprint density at radius 3 is 2.75 bits per heavy atom. The summed E-state index contributed by atoms with van der Waals surface area (Å²) in [6, 6.07) is 5.80. The van der Waals surface area contributed by atoms with E-state index in [4.69, 9.17) is 23.2 Å². The third kappa shape index (κ3) is 4.11. The van der Waals surface area contributed by atoms with Crippen molar-refractivity contribution in [2.24, 2.45) is 0 Å². The number of hydrogen-bond acceptors (Lipinski definition) is 2. The molecule has 1 aliphatic heterocycles. The Balaban J connectivity index is 1.85. The molecule has 1 aromatic rings. The molecule has 20 heavy (non-hydrogen) atoms. The van der Waals surface area contributed by atoms with Gasteiger partial charge in [-0.1, -0.05) is 36.2 Å². The number of benzene rings is 1. The predicted molar refractivity (Wildman–Crippen MR) is 83.5 cm³/mol. The van der Waals surface area contributed by atoms with Gasteiger partial charge in [-0.05, 0) is 37.1 Å². The van der Waals surface area contributed by atoms with Gasteiger partial charge in [-0.25, -0.2) is 0 Å².